The molecule has 0 bridgehead atoms. The maximum atomic E-state index is 12.4. The molecule has 1 aliphatic heterocycles. The van der Waals surface area contributed by atoms with E-state index in [-0.39, 0.29) is 11.9 Å². The van der Waals surface area contributed by atoms with Crippen LogP contribution in [0.1, 0.15) is 41.5 Å². The number of rotatable bonds is 3. The Bertz CT molecular complexity index is 820. The van der Waals surface area contributed by atoms with Crippen molar-refractivity contribution in [1.29, 1.82) is 0 Å². The minimum atomic E-state index is -0.424. The first-order valence-electron chi connectivity index (χ1n) is 8.40. The van der Waals surface area contributed by atoms with Crippen molar-refractivity contribution in [2.24, 2.45) is 0 Å². The molecule has 0 saturated carbocycles. The van der Waals surface area contributed by atoms with Crippen LogP contribution in [0, 0.1) is 13.8 Å². The fraction of sp³-hybridized carbons (Fsp3) is 0.350. The van der Waals surface area contributed by atoms with Gasteiger partial charge in [0.15, 0.2) is 0 Å². The summed E-state index contributed by atoms with van der Waals surface area (Å²) in [7, 11) is 0. The second-order valence-corrected chi connectivity index (χ2v) is 7.29. The van der Waals surface area contributed by atoms with E-state index in [4.69, 9.17) is 27.9 Å². The maximum absolute atomic E-state index is 12.4. The lowest BCUT2D eigenvalue weighted by molar-refractivity contribution is -0.144. The highest BCUT2D eigenvalue weighted by atomic mass is 35.5. The zero-order valence-corrected chi connectivity index (χ0v) is 16.0. The van der Waals surface area contributed by atoms with Crippen molar-refractivity contribution < 1.29 is 9.53 Å². The van der Waals surface area contributed by atoms with E-state index in [2.05, 4.69) is 37.4 Å². The molecule has 0 aliphatic carbocycles. The van der Waals surface area contributed by atoms with Crippen molar-refractivity contribution in [3.63, 3.8) is 0 Å². The molecule has 0 amide bonds. The molecule has 2 aromatic carbocycles. The lowest BCUT2D eigenvalue weighted by Gasteiger charge is -2.34. The van der Waals surface area contributed by atoms with Gasteiger partial charge in [-0.25, -0.2) is 4.79 Å². The van der Waals surface area contributed by atoms with Crippen LogP contribution in [0.15, 0.2) is 30.3 Å². The normalized spacial score (nSPS) is 19.1. The van der Waals surface area contributed by atoms with E-state index < -0.39 is 6.04 Å². The Labute approximate surface area is 158 Å². The Morgan fingerprint density at radius 3 is 2.72 bits per heavy atom. The van der Waals surface area contributed by atoms with Crippen LogP contribution < -0.4 is 5.32 Å². The predicted octanol–water partition coefficient (Wildman–Crippen LogP) is 5.49. The molecule has 5 heteroatoms. The predicted molar refractivity (Wildman–Crippen MR) is 103 cm³/mol. The van der Waals surface area contributed by atoms with Crippen LogP contribution in [-0.2, 0) is 9.53 Å². The summed E-state index contributed by atoms with van der Waals surface area (Å²) >= 11 is 12.7. The topological polar surface area (TPSA) is 38.3 Å². The van der Waals surface area contributed by atoms with Gasteiger partial charge in [0.05, 0.1) is 6.61 Å². The molecule has 0 radical (unpaired) electrons. The SMILES string of the molecule is CCOC(=O)C1CC(c2cc(C)ccc2C)c2c(Cl)cc(Cl)cc2N1. The molecule has 1 aliphatic rings. The first-order chi connectivity index (χ1) is 11.9. The molecule has 2 atom stereocenters. The Morgan fingerprint density at radius 1 is 1.24 bits per heavy atom. The van der Waals surface area contributed by atoms with Gasteiger partial charge in [0.1, 0.15) is 6.04 Å². The number of halogens is 2. The number of anilines is 1. The highest BCUT2D eigenvalue weighted by molar-refractivity contribution is 6.35. The number of carbonyl (C=O) groups is 1. The van der Waals surface area contributed by atoms with Gasteiger partial charge >= 0.3 is 5.97 Å². The molecule has 3 nitrogen and oxygen atoms in total. The molecule has 1 N–H and O–H groups in total. The summed E-state index contributed by atoms with van der Waals surface area (Å²) in [4.78, 5) is 12.4. The summed E-state index contributed by atoms with van der Waals surface area (Å²) in [6, 6.07) is 9.52. The second kappa shape index (κ2) is 7.27. The number of carbonyl (C=O) groups excluding carboxylic acids is 1. The van der Waals surface area contributed by atoms with Gasteiger partial charge in [0, 0.05) is 27.2 Å². The van der Waals surface area contributed by atoms with Gasteiger partial charge in [-0.3, -0.25) is 0 Å². The molecule has 2 aromatic rings. The lowest BCUT2D eigenvalue weighted by Crippen LogP contribution is -2.37. The zero-order valence-electron chi connectivity index (χ0n) is 14.5. The Kier molecular flexibility index (Phi) is 5.26. The van der Waals surface area contributed by atoms with E-state index in [1.54, 1.807) is 6.07 Å². The summed E-state index contributed by atoms with van der Waals surface area (Å²) in [5.74, 6) is -0.241. The van der Waals surface area contributed by atoms with Crippen molar-refractivity contribution in [3.8, 4) is 0 Å². The highest BCUT2D eigenvalue weighted by Crippen LogP contribution is 2.45. The number of aryl methyl sites for hydroxylation is 2. The van der Waals surface area contributed by atoms with Gasteiger partial charge in [-0.2, -0.15) is 0 Å². The van der Waals surface area contributed by atoms with E-state index in [1.807, 2.05) is 13.0 Å². The summed E-state index contributed by atoms with van der Waals surface area (Å²) in [6.45, 7) is 6.32. The van der Waals surface area contributed by atoms with E-state index in [1.165, 1.54) is 16.7 Å². The third-order valence-electron chi connectivity index (χ3n) is 4.63. The van der Waals surface area contributed by atoms with Crippen LogP contribution in [0.2, 0.25) is 10.0 Å². The second-order valence-electron chi connectivity index (χ2n) is 6.45. The average molecular weight is 378 g/mol. The fourth-order valence-electron chi connectivity index (χ4n) is 3.47. The van der Waals surface area contributed by atoms with E-state index in [0.29, 0.717) is 23.1 Å². The molecule has 0 saturated heterocycles. The van der Waals surface area contributed by atoms with Crippen molar-refractivity contribution in [3.05, 3.63) is 62.6 Å². The average Bonchev–Trinajstić information content (AvgIpc) is 2.56. The monoisotopic (exact) mass is 377 g/mol. The van der Waals surface area contributed by atoms with Gasteiger partial charge in [0.2, 0.25) is 0 Å². The third kappa shape index (κ3) is 3.63. The van der Waals surface area contributed by atoms with Crippen LogP contribution in [0.5, 0.6) is 0 Å². The minimum Gasteiger partial charge on any atom is -0.464 e. The van der Waals surface area contributed by atoms with Gasteiger partial charge in [-0.15, -0.1) is 0 Å². The molecule has 0 spiro atoms. The Morgan fingerprint density at radius 2 is 2.00 bits per heavy atom. The van der Waals surface area contributed by atoms with Gasteiger partial charge in [-0.05, 0) is 50.5 Å². The number of hydrogen-bond acceptors (Lipinski definition) is 3. The van der Waals surface area contributed by atoms with Crippen molar-refractivity contribution in [2.45, 2.75) is 39.2 Å². The van der Waals surface area contributed by atoms with E-state index in [0.717, 1.165) is 11.3 Å². The van der Waals surface area contributed by atoms with E-state index in [9.17, 15) is 4.79 Å². The molecule has 132 valence electrons. The van der Waals surface area contributed by atoms with Gasteiger partial charge in [0.25, 0.3) is 0 Å². The lowest BCUT2D eigenvalue weighted by atomic mass is 9.80. The molecule has 25 heavy (non-hydrogen) atoms. The van der Waals surface area contributed by atoms with Crippen molar-refractivity contribution >= 4 is 34.9 Å². The van der Waals surface area contributed by atoms with Crippen LogP contribution >= 0.6 is 23.2 Å². The van der Waals surface area contributed by atoms with Crippen LogP contribution in [0.3, 0.4) is 0 Å². The first-order valence-corrected chi connectivity index (χ1v) is 9.15. The number of esters is 1. The summed E-state index contributed by atoms with van der Waals surface area (Å²) < 4.78 is 5.23. The number of fused-ring (bicyclic) bond motifs is 1. The maximum Gasteiger partial charge on any atom is 0.328 e. The zero-order chi connectivity index (χ0) is 18.1. The number of benzene rings is 2. The summed E-state index contributed by atoms with van der Waals surface area (Å²) in [6.07, 6.45) is 0.595. The van der Waals surface area contributed by atoms with Crippen molar-refractivity contribution in [1.82, 2.24) is 0 Å². The minimum absolute atomic E-state index is 0.00956. The van der Waals surface area contributed by atoms with Crippen LogP contribution in [0.25, 0.3) is 0 Å². The summed E-state index contributed by atoms with van der Waals surface area (Å²) in [5, 5.41) is 4.41. The number of hydrogen-bond donors (Lipinski definition) is 1. The molecular weight excluding hydrogens is 357 g/mol. The fourth-order valence-corrected chi connectivity index (χ4v) is 4.10. The quantitative estimate of drug-likeness (QED) is 0.718. The first kappa shape index (κ1) is 18.1. The van der Waals surface area contributed by atoms with Gasteiger partial charge in [-0.1, -0.05) is 47.0 Å². The Balaban J connectivity index is 2.13. The Hall–Kier alpha value is -1.71. The van der Waals surface area contributed by atoms with Crippen LogP contribution in [0.4, 0.5) is 5.69 Å². The third-order valence-corrected chi connectivity index (χ3v) is 5.16. The van der Waals surface area contributed by atoms with Crippen molar-refractivity contribution in [2.75, 3.05) is 11.9 Å². The molecule has 0 aromatic heterocycles. The molecule has 1 heterocycles. The largest absolute Gasteiger partial charge is 0.464 e. The number of nitrogens with one attached hydrogen (secondary N) is 1. The smallest absolute Gasteiger partial charge is 0.328 e. The number of ether oxygens (including phenoxy) is 1. The van der Waals surface area contributed by atoms with Crippen LogP contribution in [-0.4, -0.2) is 18.6 Å². The van der Waals surface area contributed by atoms with Gasteiger partial charge < -0.3 is 10.1 Å². The molecular formula is C20H21Cl2NO2. The molecule has 2 unspecified atom stereocenters. The molecule has 3 rings (SSSR count). The highest BCUT2D eigenvalue weighted by Gasteiger charge is 2.34. The standard InChI is InChI=1S/C20H21Cl2NO2/c1-4-25-20(24)18-10-15(14-7-11(2)5-6-12(14)3)19-16(22)8-13(21)9-17(19)23-18/h5-9,15,18,23H,4,10H2,1-3H3. The summed E-state index contributed by atoms with van der Waals surface area (Å²) in [5.41, 5.74) is 5.32. The van der Waals surface area contributed by atoms with E-state index >= 15 is 0 Å². The molecule has 0 fully saturated rings.